The topological polar surface area (TPSA) is 12.0 Å². The standard InChI is InChI=1S/C15H23NS/c1-12(13-7-5-4-6-8-13)16-14-9-15(2,3)11-17-10-14/h4-8,12,14,16H,9-11H2,1-3H3. The highest BCUT2D eigenvalue weighted by molar-refractivity contribution is 7.99. The number of benzene rings is 1. The molecule has 2 atom stereocenters. The lowest BCUT2D eigenvalue weighted by atomic mass is 9.87. The molecule has 17 heavy (non-hydrogen) atoms. The van der Waals surface area contributed by atoms with Crippen LogP contribution in [-0.4, -0.2) is 17.5 Å². The van der Waals surface area contributed by atoms with E-state index in [-0.39, 0.29) is 0 Å². The zero-order chi connectivity index (χ0) is 12.3. The summed E-state index contributed by atoms with van der Waals surface area (Å²) in [6.45, 7) is 7.02. The molecule has 1 aliphatic heterocycles. The molecule has 0 amide bonds. The Morgan fingerprint density at radius 2 is 2.00 bits per heavy atom. The third kappa shape index (κ3) is 3.75. The van der Waals surface area contributed by atoms with Crippen LogP contribution in [-0.2, 0) is 0 Å². The zero-order valence-corrected chi connectivity index (χ0v) is 11.9. The average Bonchev–Trinajstić information content (AvgIpc) is 2.29. The zero-order valence-electron chi connectivity index (χ0n) is 11.1. The van der Waals surface area contributed by atoms with Crippen LogP contribution in [0.15, 0.2) is 30.3 Å². The fraction of sp³-hybridized carbons (Fsp3) is 0.600. The molecule has 1 nitrogen and oxygen atoms in total. The van der Waals surface area contributed by atoms with Crippen molar-refractivity contribution in [2.75, 3.05) is 11.5 Å². The fourth-order valence-electron chi connectivity index (χ4n) is 2.56. The summed E-state index contributed by atoms with van der Waals surface area (Å²) in [5.41, 5.74) is 1.87. The Labute approximate surface area is 109 Å². The second-order valence-corrected chi connectivity index (χ2v) is 6.91. The Morgan fingerprint density at radius 3 is 2.65 bits per heavy atom. The Balaban J connectivity index is 1.93. The van der Waals surface area contributed by atoms with Crippen molar-refractivity contribution in [3.63, 3.8) is 0 Å². The van der Waals surface area contributed by atoms with Gasteiger partial charge < -0.3 is 5.32 Å². The molecule has 1 N–H and O–H groups in total. The van der Waals surface area contributed by atoms with Crippen molar-refractivity contribution in [2.24, 2.45) is 5.41 Å². The van der Waals surface area contributed by atoms with Crippen molar-refractivity contribution in [3.8, 4) is 0 Å². The van der Waals surface area contributed by atoms with Crippen LogP contribution in [0.4, 0.5) is 0 Å². The molecule has 2 unspecified atom stereocenters. The van der Waals surface area contributed by atoms with E-state index >= 15 is 0 Å². The summed E-state index contributed by atoms with van der Waals surface area (Å²) in [7, 11) is 0. The average molecular weight is 249 g/mol. The molecule has 1 saturated heterocycles. The third-order valence-corrected chi connectivity index (χ3v) is 5.02. The van der Waals surface area contributed by atoms with Crippen molar-refractivity contribution in [1.82, 2.24) is 5.32 Å². The number of rotatable bonds is 3. The molecule has 0 radical (unpaired) electrons. The molecule has 1 aromatic rings. The Hall–Kier alpha value is -0.470. The minimum atomic E-state index is 0.454. The van der Waals surface area contributed by atoms with Gasteiger partial charge in [0.15, 0.2) is 0 Å². The number of hydrogen-bond donors (Lipinski definition) is 1. The smallest absolute Gasteiger partial charge is 0.0294 e. The summed E-state index contributed by atoms with van der Waals surface area (Å²) in [5, 5.41) is 3.77. The second-order valence-electron chi connectivity index (χ2n) is 5.88. The molecular formula is C15H23NS. The minimum Gasteiger partial charge on any atom is -0.307 e. The van der Waals surface area contributed by atoms with Gasteiger partial charge in [-0.1, -0.05) is 44.2 Å². The molecule has 1 fully saturated rings. The van der Waals surface area contributed by atoms with Crippen LogP contribution >= 0.6 is 11.8 Å². The summed E-state index contributed by atoms with van der Waals surface area (Å²) < 4.78 is 0. The molecule has 0 aromatic heterocycles. The molecule has 1 heterocycles. The molecule has 2 rings (SSSR count). The van der Waals surface area contributed by atoms with E-state index in [9.17, 15) is 0 Å². The minimum absolute atomic E-state index is 0.454. The van der Waals surface area contributed by atoms with Crippen molar-refractivity contribution in [2.45, 2.75) is 39.3 Å². The Morgan fingerprint density at radius 1 is 1.29 bits per heavy atom. The van der Waals surface area contributed by atoms with Crippen LogP contribution in [0.3, 0.4) is 0 Å². The first-order valence-electron chi connectivity index (χ1n) is 6.46. The maximum Gasteiger partial charge on any atom is 0.0294 e. The lowest BCUT2D eigenvalue weighted by Crippen LogP contribution is -2.41. The maximum atomic E-state index is 3.77. The van der Waals surface area contributed by atoms with E-state index in [1.165, 1.54) is 23.5 Å². The summed E-state index contributed by atoms with van der Waals surface area (Å²) in [5.74, 6) is 2.55. The third-order valence-electron chi connectivity index (χ3n) is 3.40. The van der Waals surface area contributed by atoms with Gasteiger partial charge in [0, 0.05) is 17.8 Å². The van der Waals surface area contributed by atoms with Crippen molar-refractivity contribution >= 4 is 11.8 Å². The highest BCUT2D eigenvalue weighted by Gasteiger charge is 2.28. The van der Waals surface area contributed by atoms with Crippen LogP contribution in [0.1, 0.15) is 38.8 Å². The van der Waals surface area contributed by atoms with Gasteiger partial charge in [-0.2, -0.15) is 11.8 Å². The quantitative estimate of drug-likeness (QED) is 0.873. The highest BCUT2D eigenvalue weighted by Crippen LogP contribution is 2.34. The molecule has 0 saturated carbocycles. The largest absolute Gasteiger partial charge is 0.307 e. The lowest BCUT2D eigenvalue weighted by Gasteiger charge is -2.36. The molecule has 1 aliphatic rings. The van der Waals surface area contributed by atoms with Crippen LogP contribution < -0.4 is 5.32 Å². The first-order valence-corrected chi connectivity index (χ1v) is 7.61. The van der Waals surface area contributed by atoms with Crippen LogP contribution in [0.5, 0.6) is 0 Å². The van der Waals surface area contributed by atoms with Gasteiger partial charge in [-0.25, -0.2) is 0 Å². The molecule has 1 aromatic carbocycles. The summed E-state index contributed by atoms with van der Waals surface area (Å²) in [6.07, 6.45) is 1.29. The van der Waals surface area contributed by atoms with Gasteiger partial charge in [0.25, 0.3) is 0 Å². The molecule has 94 valence electrons. The Bertz CT molecular complexity index is 347. The van der Waals surface area contributed by atoms with E-state index in [0.717, 1.165) is 0 Å². The normalized spacial score (nSPS) is 25.5. The van der Waals surface area contributed by atoms with E-state index in [1.807, 2.05) is 0 Å². The molecule has 0 spiro atoms. The summed E-state index contributed by atoms with van der Waals surface area (Å²) in [4.78, 5) is 0. The first-order chi connectivity index (χ1) is 8.07. The lowest BCUT2D eigenvalue weighted by molar-refractivity contribution is 0.305. The van der Waals surface area contributed by atoms with Crippen molar-refractivity contribution in [3.05, 3.63) is 35.9 Å². The second kappa shape index (κ2) is 5.45. The van der Waals surface area contributed by atoms with Gasteiger partial charge in [0.05, 0.1) is 0 Å². The van der Waals surface area contributed by atoms with E-state index in [1.54, 1.807) is 0 Å². The van der Waals surface area contributed by atoms with Gasteiger partial charge in [-0.05, 0) is 30.1 Å². The van der Waals surface area contributed by atoms with E-state index < -0.39 is 0 Å². The predicted molar refractivity (Wildman–Crippen MR) is 77.5 cm³/mol. The monoisotopic (exact) mass is 249 g/mol. The van der Waals surface area contributed by atoms with Crippen molar-refractivity contribution in [1.29, 1.82) is 0 Å². The first kappa shape index (κ1) is 13.0. The predicted octanol–water partition coefficient (Wildman–Crippen LogP) is 3.87. The molecule has 2 heteroatoms. The molecule has 0 aliphatic carbocycles. The number of nitrogens with one attached hydrogen (secondary N) is 1. The Kier molecular flexibility index (Phi) is 4.16. The summed E-state index contributed by atoms with van der Waals surface area (Å²) in [6, 6.07) is 11.8. The highest BCUT2D eigenvalue weighted by atomic mass is 32.2. The maximum absolute atomic E-state index is 3.77. The van der Waals surface area contributed by atoms with Gasteiger partial charge >= 0.3 is 0 Å². The van der Waals surface area contributed by atoms with Gasteiger partial charge in [0.2, 0.25) is 0 Å². The summed E-state index contributed by atoms with van der Waals surface area (Å²) >= 11 is 2.08. The van der Waals surface area contributed by atoms with Crippen LogP contribution in [0.2, 0.25) is 0 Å². The van der Waals surface area contributed by atoms with E-state index in [0.29, 0.717) is 17.5 Å². The van der Waals surface area contributed by atoms with Crippen molar-refractivity contribution < 1.29 is 0 Å². The number of hydrogen-bond acceptors (Lipinski definition) is 2. The van der Waals surface area contributed by atoms with E-state index in [4.69, 9.17) is 0 Å². The fourth-order valence-corrected chi connectivity index (χ4v) is 3.85. The van der Waals surface area contributed by atoms with Gasteiger partial charge in [0.1, 0.15) is 0 Å². The molecule has 0 bridgehead atoms. The molecular weight excluding hydrogens is 226 g/mol. The number of thioether (sulfide) groups is 1. The van der Waals surface area contributed by atoms with Gasteiger partial charge in [-0.3, -0.25) is 0 Å². The van der Waals surface area contributed by atoms with E-state index in [2.05, 4.69) is 68.2 Å². The SMILES string of the molecule is CC(NC1CSCC(C)(C)C1)c1ccccc1. The van der Waals surface area contributed by atoms with Crippen LogP contribution in [0.25, 0.3) is 0 Å². The van der Waals surface area contributed by atoms with Gasteiger partial charge in [-0.15, -0.1) is 0 Å². The van der Waals surface area contributed by atoms with Crippen LogP contribution in [0, 0.1) is 5.41 Å².